The van der Waals surface area contributed by atoms with Crippen LogP contribution in [-0.2, 0) is 47.7 Å². The Morgan fingerprint density at radius 2 is 1.57 bits per heavy atom. The van der Waals surface area contributed by atoms with Crippen molar-refractivity contribution in [3.63, 3.8) is 0 Å². The summed E-state index contributed by atoms with van der Waals surface area (Å²) in [5.74, 6) is -7.96. The first-order chi connectivity index (χ1) is 30.7. The molecule has 3 heterocycles. The number of amides is 1. The van der Waals surface area contributed by atoms with E-state index in [0.717, 1.165) is 12.0 Å². The third-order valence-corrected chi connectivity index (χ3v) is 14.5. The average Bonchev–Trinajstić information content (AvgIpc) is 3.28. The second kappa shape index (κ2) is 25.1. The van der Waals surface area contributed by atoms with E-state index in [0.29, 0.717) is 63.4 Å². The van der Waals surface area contributed by atoms with Crippen molar-refractivity contribution < 1.29 is 63.0 Å². The fraction of sp³-hybridized carbons (Fsp3) is 0.745. The number of allylic oxidation sites excluding steroid dienone is 6. The fourth-order valence-electron chi connectivity index (χ4n) is 10.1. The predicted octanol–water partition coefficient (Wildman–Crippen LogP) is 6.18. The van der Waals surface area contributed by atoms with Crippen molar-refractivity contribution in [2.24, 2.45) is 35.5 Å². The van der Waals surface area contributed by atoms with Gasteiger partial charge < -0.3 is 43.9 Å². The van der Waals surface area contributed by atoms with Gasteiger partial charge in [0.25, 0.3) is 11.7 Å². The molecule has 366 valence electrons. The number of hydrogen-bond acceptors (Lipinski definition) is 13. The first kappa shape index (κ1) is 54.2. The number of esters is 1. The summed E-state index contributed by atoms with van der Waals surface area (Å²) >= 11 is 0. The van der Waals surface area contributed by atoms with Gasteiger partial charge in [0, 0.05) is 58.5 Å². The highest BCUT2D eigenvalue weighted by atomic mass is 16.6. The lowest BCUT2D eigenvalue weighted by molar-refractivity contribution is -0.265. The van der Waals surface area contributed by atoms with Gasteiger partial charge in [-0.05, 0) is 107 Å². The largest absolute Gasteiger partial charge is 0.460 e. The lowest BCUT2D eigenvalue weighted by atomic mass is 9.78. The molecular weight excluding hydrogens is 835 g/mol. The summed E-state index contributed by atoms with van der Waals surface area (Å²) in [6, 6.07) is -1.14. The van der Waals surface area contributed by atoms with Crippen molar-refractivity contribution >= 4 is 29.2 Å². The lowest BCUT2D eigenvalue weighted by Gasteiger charge is -2.42. The van der Waals surface area contributed by atoms with Crippen LogP contribution in [0.25, 0.3) is 0 Å². The van der Waals surface area contributed by atoms with E-state index < -0.39 is 83.9 Å². The molecule has 4 rings (SSSR count). The minimum absolute atomic E-state index is 0.0193. The molecule has 0 aromatic heterocycles. The summed E-state index contributed by atoms with van der Waals surface area (Å²) in [5, 5.41) is 33.8. The molecule has 0 aromatic rings. The number of ketones is 3. The highest BCUT2D eigenvalue weighted by Gasteiger charge is 2.53. The van der Waals surface area contributed by atoms with Crippen LogP contribution in [0.5, 0.6) is 0 Å². The van der Waals surface area contributed by atoms with E-state index in [-0.39, 0.29) is 54.8 Å². The van der Waals surface area contributed by atoms with Crippen LogP contribution >= 0.6 is 0 Å². The monoisotopic (exact) mass is 914 g/mol. The average molecular weight is 914 g/mol. The number of ether oxygens (including phenoxy) is 5. The summed E-state index contributed by atoms with van der Waals surface area (Å²) in [6.07, 6.45) is 11.2. The Morgan fingerprint density at radius 1 is 0.846 bits per heavy atom. The molecule has 1 unspecified atom stereocenters. The topological polar surface area (TPSA) is 195 Å². The molecule has 4 aliphatic rings. The van der Waals surface area contributed by atoms with Gasteiger partial charge in [-0.3, -0.25) is 19.2 Å². The van der Waals surface area contributed by atoms with Gasteiger partial charge in [-0.1, -0.05) is 71.1 Å². The number of rotatable bonds is 6. The van der Waals surface area contributed by atoms with E-state index in [2.05, 4.69) is 0 Å². The SMILES string of the molecule is CO[C@H]1C[C@@H]2CC[C@@H](C)[C@@](O)(O2)C(=O)C(=O)N2CCCC[C@H]2C(=O)OC([C@H](C)C[C@@H]2CC[C@@H](O)[C@H](OC)C2)CC(=O)[C@H](C)/C=C(\C)[C@H](O)[C@H](OC)C(=O)[C@H](C)C[C@H](C)/C=C/C=C/C=C/1C. The highest BCUT2D eigenvalue weighted by Crippen LogP contribution is 2.38. The van der Waals surface area contributed by atoms with E-state index in [1.807, 2.05) is 58.1 Å². The summed E-state index contributed by atoms with van der Waals surface area (Å²) < 4.78 is 29.4. The molecule has 1 aliphatic carbocycles. The lowest BCUT2D eigenvalue weighted by Crippen LogP contribution is -2.61. The molecular formula is C51H79NO13. The number of aliphatic hydroxyl groups is 3. The molecule has 15 atom stereocenters. The van der Waals surface area contributed by atoms with Crippen molar-refractivity contribution in [3.05, 3.63) is 47.6 Å². The second-order valence-corrected chi connectivity index (χ2v) is 19.6. The van der Waals surface area contributed by atoms with Gasteiger partial charge in [0.15, 0.2) is 5.78 Å². The summed E-state index contributed by atoms with van der Waals surface area (Å²) in [7, 11) is 4.52. The molecule has 3 N–H and O–H groups in total. The third-order valence-electron chi connectivity index (χ3n) is 14.5. The Labute approximate surface area is 387 Å². The number of fused-ring (bicyclic) bond motifs is 3. The number of aliphatic hydroxyl groups excluding tert-OH is 2. The summed E-state index contributed by atoms with van der Waals surface area (Å²) in [6.45, 7) is 12.7. The van der Waals surface area contributed by atoms with Crippen LogP contribution in [0, 0.1) is 35.5 Å². The first-order valence-corrected chi connectivity index (χ1v) is 23.9. The molecule has 0 radical (unpaired) electrons. The molecule has 3 aliphatic heterocycles. The highest BCUT2D eigenvalue weighted by molar-refractivity contribution is 6.39. The fourth-order valence-corrected chi connectivity index (χ4v) is 10.1. The standard InChI is InChI=1S/C51H79NO13/c1-30-16-12-11-13-17-31(2)42(61-8)28-38-21-19-36(7)51(60,65-38)48(57)49(58)52-23-15-14-18-39(52)50(59)64-43(33(4)26-37-20-22-40(53)44(27-37)62-9)29-41(54)32(3)25-35(6)46(56)47(63-10)45(55)34(5)24-30/h11-13,16-17,25,30,32-34,36-40,42-44,46-47,53,56,60H,14-15,18-24,26-29H2,1-10H3/b13-11+,16-12+,31-17+,35-25+/t30-,32-,33-,34-,36-,37+,38+,39+,40-,42+,43?,44-,46+,47-,51-/m1/s1. The van der Waals surface area contributed by atoms with Gasteiger partial charge in [0.05, 0.1) is 24.4 Å². The number of nitrogens with zero attached hydrogens (tertiary/aromatic N) is 1. The predicted molar refractivity (Wildman–Crippen MR) is 245 cm³/mol. The summed E-state index contributed by atoms with van der Waals surface area (Å²) in [4.78, 5) is 71.8. The quantitative estimate of drug-likeness (QED) is 0.156. The summed E-state index contributed by atoms with van der Waals surface area (Å²) in [5.41, 5.74) is 1.27. The van der Waals surface area contributed by atoms with Crippen molar-refractivity contribution in [2.45, 2.75) is 180 Å². The normalized spacial score (nSPS) is 40.4. The minimum atomic E-state index is -2.43. The van der Waals surface area contributed by atoms with Crippen LogP contribution < -0.4 is 0 Å². The zero-order valence-electron chi connectivity index (χ0n) is 40.6. The Kier molecular flexibility index (Phi) is 21.0. The van der Waals surface area contributed by atoms with Crippen LogP contribution in [0.3, 0.4) is 0 Å². The Morgan fingerprint density at radius 3 is 2.25 bits per heavy atom. The Hall–Kier alpha value is -3.37. The van der Waals surface area contributed by atoms with E-state index in [9.17, 15) is 39.3 Å². The maximum atomic E-state index is 14.4. The minimum Gasteiger partial charge on any atom is -0.460 e. The van der Waals surface area contributed by atoms with Crippen LogP contribution in [-0.4, -0.2) is 132 Å². The molecule has 2 bridgehead atoms. The van der Waals surface area contributed by atoms with Crippen molar-refractivity contribution in [2.75, 3.05) is 27.9 Å². The first-order valence-electron chi connectivity index (χ1n) is 23.9. The van der Waals surface area contributed by atoms with Gasteiger partial charge in [-0.2, -0.15) is 0 Å². The van der Waals surface area contributed by atoms with E-state index in [1.165, 1.54) is 12.0 Å². The number of Topliss-reactive ketones (excluding diaryl/α,β-unsaturated/α-hetero) is 3. The van der Waals surface area contributed by atoms with Gasteiger partial charge in [0.2, 0.25) is 5.79 Å². The van der Waals surface area contributed by atoms with E-state index in [1.54, 1.807) is 41.1 Å². The van der Waals surface area contributed by atoms with Gasteiger partial charge in [-0.25, -0.2) is 4.79 Å². The number of carbonyl (C=O) groups is 5. The van der Waals surface area contributed by atoms with Crippen molar-refractivity contribution in [3.8, 4) is 0 Å². The maximum Gasteiger partial charge on any atom is 0.329 e. The van der Waals surface area contributed by atoms with Crippen LogP contribution in [0.15, 0.2) is 47.6 Å². The smallest absolute Gasteiger partial charge is 0.329 e. The number of methoxy groups -OCH3 is 3. The van der Waals surface area contributed by atoms with E-state index >= 15 is 0 Å². The number of cyclic esters (lactones) is 1. The molecule has 1 saturated carbocycles. The van der Waals surface area contributed by atoms with Gasteiger partial charge in [0.1, 0.15) is 30.1 Å². The number of carbonyl (C=O) groups excluding carboxylic acids is 5. The molecule has 0 spiro atoms. The zero-order chi connectivity index (χ0) is 48.2. The number of piperidine rings is 1. The zero-order valence-corrected chi connectivity index (χ0v) is 40.6. The molecule has 3 fully saturated rings. The Balaban J connectivity index is 1.70. The van der Waals surface area contributed by atoms with Gasteiger partial charge in [-0.15, -0.1) is 0 Å². The maximum absolute atomic E-state index is 14.4. The Bertz CT molecular complexity index is 1760. The van der Waals surface area contributed by atoms with Crippen molar-refractivity contribution in [1.82, 2.24) is 4.90 Å². The molecule has 0 aromatic carbocycles. The molecule has 14 heteroatoms. The van der Waals surface area contributed by atoms with Crippen molar-refractivity contribution in [1.29, 1.82) is 0 Å². The second-order valence-electron chi connectivity index (χ2n) is 19.6. The third kappa shape index (κ3) is 14.3. The van der Waals surface area contributed by atoms with Crippen LogP contribution in [0.1, 0.15) is 126 Å². The molecule has 1 amide bonds. The van der Waals surface area contributed by atoms with Crippen LogP contribution in [0.4, 0.5) is 0 Å². The molecule has 14 nitrogen and oxygen atoms in total. The molecule has 65 heavy (non-hydrogen) atoms. The van der Waals surface area contributed by atoms with E-state index in [4.69, 9.17) is 23.7 Å². The van der Waals surface area contributed by atoms with Crippen LogP contribution in [0.2, 0.25) is 0 Å². The molecule has 2 saturated heterocycles. The number of hydrogen-bond donors (Lipinski definition) is 3. The van der Waals surface area contributed by atoms with Gasteiger partial charge >= 0.3 is 5.97 Å².